The van der Waals surface area contributed by atoms with E-state index >= 15 is 0 Å². The number of ether oxygens (including phenoxy) is 2. The van der Waals surface area contributed by atoms with Gasteiger partial charge in [0.1, 0.15) is 23.1 Å². The quantitative estimate of drug-likeness (QED) is 0.263. The molecule has 0 amide bonds. The summed E-state index contributed by atoms with van der Waals surface area (Å²) >= 11 is 1.42. The number of Topliss-reactive ketones (excluding diaryl/α,β-unsaturated/α-hetero) is 1. The first-order chi connectivity index (χ1) is 14.9. The van der Waals surface area contributed by atoms with Crippen LogP contribution in [0.25, 0.3) is 0 Å². The summed E-state index contributed by atoms with van der Waals surface area (Å²) < 4.78 is 16.3. The van der Waals surface area contributed by atoms with Crippen LogP contribution in [0.1, 0.15) is 57.1 Å². The van der Waals surface area contributed by atoms with Crippen LogP contribution in [-0.4, -0.2) is 28.5 Å². The van der Waals surface area contributed by atoms with E-state index in [0.29, 0.717) is 39.8 Å². The molecule has 0 saturated carbocycles. The van der Waals surface area contributed by atoms with Crippen molar-refractivity contribution in [1.82, 2.24) is 10.1 Å². The SMILES string of the molecule is CCOc1ccc(C(C)=O)cc1COC(=O)c1cccnc1SCc1c(C)noc1C. The topological polar surface area (TPSA) is 91.5 Å². The number of aryl methyl sites for hydroxylation is 2. The fraction of sp³-hybridized carbons (Fsp3) is 0.304. The zero-order valence-electron chi connectivity index (χ0n) is 17.9. The summed E-state index contributed by atoms with van der Waals surface area (Å²) in [5.74, 6) is 1.34. The Morgan fingerprint density at radius 1 is 1.19 bits per heavy atom. The van der Waals surface area contributed by atoms with E-state index in [1.54, 1.807) is 36.5 Å². The number of rotatable bonds is 9. The van der Waals surface area contributed by atoms with E-state index in [4.69, 9.17) is 14.0 Å². The molecule has 0 aliphatic heterocycles. The Morgan fingerprint density at radius 2 is 2.00 bits per heavy atom. The molecular weight excluding hydrogens is 416 g/mol. The first kappa shape index (κ1) is 22.6. The van der Waals surface area contributed by atoms with Gasteiger partial charge in [0.2, 0.25) is 0 Å². The van der Waals surface area contributed by atoms with Crippen LogP contribution >= 0.6 is 11.8 Å². The lowest BCUT2D eigenvalue weighted by molar-refractivity contribution is 0.0464. The van der Waals surface area contributed by atoms with Gasteiger partial charge < -0.3 is 14.0 Å². The van der Waals surface area contributed by atoms with Crippen LogP contribution in [0.3, 0.4) is 0 Å². The number of carbonyl (C=O) groups excluding carboxylic acids is 2. The summed E-state index contributed by atoms with van der Waals surface area (Å²) in [5.41, 5.74) is 3.35. The third-order valence-electron chi connectivity index (χ3n) is 4.65. The second kappa shape index (κ2) is 10.3. The van der Waals surface area contributed by atoms with Crippen molar-refractivity contribution in [2.24, 2.45) is 0 Å². The summed E-state index contributed by atoms with van der Waals surface area (Å²) in [5, 5.41) is 4.52. The number of carbonyl (C=O) groups is 2. The number of hydrogen-bond donors (Lipinski definition) is 0. The molecule has 0 spiro atoms. The summed E-state index contributed by atoms with van der Waals surface area (Å²) in [6.45, 7) is 7.54. The van der Waals surface area contributed by atoms with E-state index in [-0.39, 0.29) is 12.4 Å². The highest BCUT2D eigenvalue weighted by Gasteiger charge is 2.18. The Labute approximate surface area is 185 Å². The highest BCUT2D eigenvalue weighted by atomic mass is 32.2. The number of ketones is 1. The van der Waals surface area contributed by atoms with Crippen LogP contribution in [0.15, 0.2) is 46.1 Å². The first-order valence-corrected chi connectivity index (χ1v) is 10.8. The van der Waals surface area contributed by atoms with Gasteiger partial charge in [-0.05, 0) is 58.0 Å². The predicted molar refractivity (Wildman–Crippen MR) is 117 cm³/mol. The van der Waals surface area contributed by atoms with Gasteiger partial charge in [0.15, 0.2) is 5.78 Å². The van der Waals surface area contributed by atoms with Gasteiger partial charge in [-0.25, -0.2) is 9.78 Å². The molecule has 0 atom stereocenters. The van der Waals surface area contributed by atoms with Gasteiger partial charge in [-0.1, -0.05) is 5.16 Å². The number of hydrogen-bond acceptors (Lipinski definition) is 8. The van der Waals surface area contributed by atoms with Gasteiger partial charge in [0.05, 0.1) is 17.9 Å². The molecule has 7 nitrogen and oxygen atoms in total. The third kappa shape index (κ3) is 5.52. The van der Waals surface area contributed by atoms with Gasteiger partial charge in [-0.3, -0.25) is 4.79 Å². The lowest BCUT2D eigenvalue weighted by Gasteiger charge is -2.13. The van der Waals surface area contributed by atoms with Gasteiger partial charge in [-0.2, -0.15) is 0 Å². The van der Waals surface area contributed by atoms with Crippen molar-refractivity contribution in [3.63, 3.8) is 0 Å². The Balaban J connectivity index is 1.74. The zero-order chi connectivity index (χ0) is 22.4. The van der Waals surface area contributed by atoms with Crippen molar-refractivity contribution >= 4 is 23.5 Å². The highest BCUT2D eigenvalue weighted by molar-refractivity contribution is 7.98. The Hall–Kier alpha value is -3.13. The molecule has 2 heterocycles. The van der Waals surface area contributed by atoms with E-state index in [9.17, 15) is 9.59 Å². The lowest BCUT2D eigenvalue weighted by Crippen LogP contribution is -2.09. The number of thioether (sulfide) groups is 1. The zero-order valence-corrected chi connectivity index (χ0v) is 18.7. The second-order valence-electron chi connectivity index (χ2n) is 6.84. The van der Waals surface area contributed by atoms with Crippen LogP contribution in [0, 0.1) is 13.8 Å². The van der Waals surface area contributed by atoms with Crippen LogP contribution in [-0.2, 0) is 17.1 Å². The first-order valence-electron chi connectivity index (χ1n) is 9.84. The van der Waals surface area contributed by atoms with Gasteiger partial charge in [0, 0.05) is 28.6 Å². The summed E-state index contributed by atoms with van der Waals surface area (Å²) in [6, 6.07) is 8.48. The maximum atomic E-state index is 12.8. The Morgan fingerprint density at radius 3 is 2.68 bits per heavy atom. The van der Waals surface area contributed by atoms with E-state index in [2.05, 4.69) is 10.1 Å². The van der Waals surface area contributed by atoms with E-state index < -0.39 is 5.97 Å². The van der Waals surface area contributed by atoms with Crippen LogP contribution in [0.5, 0.6) is 5.75 Å². The normalized spacial score (nSPS) is 10.7. The fourth-order valence-corrected chi connectivity index (χ4v) is 4.07. The van der Waals surface area contributed by atoms with Crippen molar-refractivity contribution in [2.75, 3.05) is 6.61 Å². The van der Waals surface area contributed by atoms with Crippen molar-refractivity contribution in [3.05, 3.63) is 70.2 Å². The minimum Gasteiger partial charge on any atom is -0.493 e. The van der Waals surface area contributed by atoms with Crippen molar-refractivity contribution < 1.29 is 23.6 Å². The largest absolute Gasteiger partial charge is 0.493 e. The standard InChI is InChI=1S/C23H24N2O5S/c1-5-28-21-9-8-17(15(3)26)11-18(21)12-29-23(27)19-7-6-10-24-22(19)31-13-20-14(2)25-30-16(20)4/h6-11H,5,12-13H2,1-4H3. The van der Waals surface area contributed by atoms with E-state index in [0.717, 1.165) is 17.0 Å². The van der Waals surface area contributed by atoms with Crippen LogP contribution in [0.2, 0.25) is 0 Å². The minimum absolute atomic E-state index is 0.0157. The van der Waals surface area contributed by atoms with Crippen LogP contribution < -0.4 is 4.74 Å². The fourth-order valence-electron chi connectivity index (χ4n) is 2.94. The Bertz CT molecular complexity index is 1070. The van der Waals surface area contributed by atoms with Crippen molar-refractivity contribution in [3.8, 4) is 5.75 Å². The van der Waals surface area contributed by atoms with Gasteiger partial charge in [-0.15, -0.1) is 11.8 Å². The van der Waals surface area contributed by atoms with Gasteiger partial charge in [0.25, 0.3) is 0 Å². The molecule has 0 N–H and O–H groups in total. The summed E-state index contributed by atoms with van der Waals surface area (Å²) in [7, 11) is 0. The molecule has 162 valence electrons. The summed E-state index contributed by atoms with van der Waals surface area (Å²) in [6.07, 6.45) is 1.63. The third-order valence-corrected chi connectivity index (χ3v) is 5.68. The number of pyridine rings is 1. The Kier molecular flexibility index (Phi) is 7.46. The van der Waals surface area contributed by atoms with E-state index in [1.807, 2.05) is 20.8 Å². The molecule has 0 aliphatic carbocycles. The molecule has 3 aromatic rings. The van der Waals surface area contributed by atoms with Crippen LogP contribution in [0.4, 0.5) is 0 Å². The maximum absolute atomic E-state index is 12.8. The summed E-state index contributed by atoms with van der Waals surface area (Å²) in [4.78, 5) is 28.9. The molecule has 8 heteroatoms. The average Bonchev–Trinajstić information content (AvgIpc) is 3.08. The average molecular weight is 441 g/mol. The molecule has 3 rings (SSSR count). The monoisotopic (exact) mass is 440 g/mol. The van der Waals surface area contributed by atoms with Crippen molar-refractivity contribution in [1.29, 1.82) is 0 Å². The smallest absolute Gasteiger partial charge is 0.341 e. The molecular formula is C23H24N2O5S. The maximum Gasteiger partial charge on any atom is 0.341 e. The molecule has 0 saturated heterocycles. The second-order valence-corrected chi connectivity index (χ2v) is 7.80. The molecule has 0 unspecified atom stereocenters. The van der Waals surface area contributed by atoms with E-state index in [1.165, 1.54) is 18.7 Å². The number of aromatic nitrogens is 2. The molecule has 2 aromatic heterocycles. The van der Waals surface area contributed by atoms with Gasteiger partial charge >= 0.3 is 5.97 Å². The highest BCUT2D eigenvalue weighted by Crippen LogP contribution is 2.28. The molecule has 0 radical (unpaired) electrons. The molecule has 0 fully saturated rings. The number of nitrogens with zero attached hydrogens (tertiary/aromatic N) is 2. The van der Waals surface area contributed by atoms with Crippen molar-refractivity contribution in [2.45, 2.75) is 45.1 Å². The molecule has 31 heavy (non-hydrogen) atoms. The lowest BCUT2D eigenvalue weighted by atomic mass is 10.1. The number of esters is 1. The molecule has 0 bridgehead atoms. The molecule has 0 aliphatic rings. The molecule has 1 aromatic carbocycles. The number of benzene rings is 1. The minimum atomic E-state index is -0.495. The predicted octanol–water partition coefficient (Wildman–Crippen LogP) is 4.94.